The lowest BCUT2D eigenvalue weighted by Gasteiger charge is -2.09. The predicted octanol–water partition coefficient (Wildman–Crippen LogP) is 4.00. The molecule has 0 spiro atoms. The summed E-state index contributed by atoms with van der Waals surface area (Å²) in [5.41, 5.74) is 4.23. The maximum absolute atomic E-state index is 11.6. The van der Waals surface area contributed by atoms with Gasteiger partial charge in [0.15, 0.2) is 11.5 Å². The van der Waals surface area contributed by atoms with Gasteiger partial charge in [-0.25, -0.2) is 14.8 Å². The van der Waals surface area contributed by atoms with Gasteiger partial charge in [-0.3, -0.25) is 14.4 Å². The van der Waals surface area contributed by atoms with E-state index in [0.29, 0.717) is 31.2 Å². The van der Waals surface area contributed by atoms with E-state index in [1.54, 1.807) is 17.3 Å². The highest BCUT2D eigenvalue weighted by atomic mass is 32.1. The van der Waals surface area contributed by atoms with Gasteiger partial charge in [0.1, 0.15) is 11.6 Å². The van der Waals surface area contributed by atoms with Gasteiger partial charge >= 0.3 is 6.09 Å². The second kappa shape index (κ2) is 9.13. The SMILES string of the molecule is CCC.Cc1cn2c(-c3cn[nH]c3)cnc2c(Nc2cc(CN3CCOC3=O)ns2)n1. The summed E-state index contributed by atoms with van der Waals surface area (Å²) in [7, 11) is 0. The highest BCUT2D eigenvalue weighted by Crippen LogP contribution is 2.27. The molecule has 1 aliphatic heterocycles. The molecule has 1 amide bonds. The van der Waals surface area contributed by atoms with E-state index < -0.39 is 0 Å². The molecule has 5 rings (SSSR count). The van der Waals surface area contributed by atoms with Gasteiger partial charge in [0.05, 0.1) is 42.6 Å². The first-order chi connectivity index (χ1) is 15.1. The second-order valence-corrected chi connectivity index (χ2v) is 7.91. The number of H-pyrrole nitrogens is 1. The molecule has 11 heteroatoms. The molecular formula is C20H24N8O2S. The quantitative estimate of drug-likeness (QED) is 0.482. The third-order valence-corrected chi connectivity index (χ3v) is 5.15. The Morgan fingerprint density at radius 2 is 2.16 bits per heavy atom. The number of nitrogens with zero attached hydrogens (tertiary/aromatic N) is 6. The molecule has 4 aromatic heterocycles. The van der Waals surface area contributed by atoms with E-state index in [-0.39, 0.29) is 6.09 Å². The van der Waals surface area contributed by atoms with Gasteiger partial charge in [-0.1, -0.05) is 20.3 Å². The largest absolute Gasteiger partial charge is 0.448 e. The number of rotatable bonds is 5. The molecule has 31 heavy (non-hydrogen) atoms. The van der Waals surface area contributed by atoms with Crippen LogP contribution in [0.5, 0.6) is 0 Å². The van der Waals surface area contributed by atoms with Crippen LogP contribution in [-0.2, 0) is 11.3 Å². The van der Waals surface area contributed by atoms with Crippen molar-refractivity contribution < 1.29 is 9.53 Å². The third kappa shape index (κ3) is 4.50. The van der Waals surface area contributed by atoms with Crippen LogP contribution in [0.1, 0.15) is 31.7 Å². The molecule has 2 N–H and O–H groups in total. The summed E-state index contributed by atoms with van der Waals surface area (Å²) in [6.07, 6.45) is 8.26. The lowest BCUT2D eigenvalue weighted by Crippen LogP contribution is -2.23. The van der Waals surface area contributed by atoms with Crippen molar-refractivity contribution in [2.24, 2.45) is 0 Å². The Kier molecular flexibility index (Phi) is 6.12. The molecule has 0 aliphatic carbocycles. The van der Waals surface area contributed by atoms with Crippen LogP contribution in [0.4, 0.5) is 15.6 Å². The predicted molar refractivity (Wildman–Crippen MR) is 118 cm³/mol. The topological polar surface area (TPSA) is 113 Å². The van der Waals surface area contributed by atoms with E-state index >= 15 is 0 Å². The number of hydrogen-bond acceptors (Lipinski definition) is 8. The fraction of sp³-hybridized carbons (Fsp3) is 0.350. The van der Waals surface area contributed by atoms with Crippen LogP contribution < -0.4 is 5.32 Å². The minimum absolute atomic E-state index is 0.297. The van der Waals surface area contributed by atoms with Crippen LogP contribution in [-0.4, -0.2) is 53.1 Å². The van der Waals surface area contributed by atoms with Gasteiger partial charge in [0, 0.05) is 18.0 Å². The van der Waals surface area contributed by atoms with Crippen LogP contribution in [0.3, 0.4) is 0 Å². The highest BCUT2D eigenvalue weighted by Gasteiger charge is 2.23. The van der Waals surface area contributed by atoms with E-state index in [0.717, 1.165) is 27.6 Å². The number of carbonyl (C=O) groups excluding carboxylic acids is 1. The minimum Gasteiger partial charge on any atom is -0.448 e. The monoisotopic (exact) mass is 440 g/mol. The number of aromatic nitrogens is 6. The van der Waals surface area contributed by atoms with E-state index in [9.17, 15) is 4.79 Å². The summed E-state index contributed by atoms with van der Waals surface area (Å²) in [4.78, 5) is 22.3. The molecule has 5 heterocycles. The molecule has 0 bridgehead atoms. The lowest BCUT2D eigenvalue weighted by molar-refractivity contribution is 0.157. The van der Waals surface area contributed by atoms with Crippen LogP contribution in [0.2, 0.25) is 0 Å². The molecular weight excluding hydrogens is 416 g/mol. The normalized spacial score (nSPS) is 13.3. The number of aromatic amines is 1. The Hall–Kier alpha value is -3.47. The van der Waals surface area contributed by atoms with Gasteiger partial charge in [-0.2, -0.15) is 9.47 Å². The van der Waals surface area contributed by atoms with E-state index in [1.165, 1.54) is 18.0 Å². The van der Waals surface area contributed by atoms with Crippen molar-refractivity contribution >= 4 is 34.1 Å². The maximum Gasteiger partial charge on any atom is 0.410 e. The van der Waals surface area contributed by atoms with Crippen molar-refractivity contribution in [3.63, 3.8) is 0 Å². The van der Waals surface area contributed by atoms with Gasteiger partial charge in [-0.15, -0.1) is 0 Å². The molecule has 0 saturated carbocycles. The highest BCUT2D eigenvalue weighted by molar-refractivity contribution is 7.10. The van der Waals surface area contributed by atoms with Gasteiger partial charge in [0.25, 0.3) is 0 Å². The number of amides is 1. The molecule has 0 atom stereocenters. The van der Waals surface area contributed by atoms with Crippen LogP contribution >= 0.6 is 11.5 Å². The number of cyclic esters (lactones) is 1. The summed E-state index contributed by atoms with van der Waals surface area (Å²) in [6.45, 7) is 7.63. The number of imidazole rings is 1. The van der Waals surface area contributed by atoms with E-state index in [2.05, 4.69) is 43.7 Å². The first-order valence-electron chi connectivity index (χ1n) is 10.1. The standard InChI is InChI=1S/C17H16N8O2S.C3H8/c1-10-8-25-13(11-5-19-20-6-11)7-18-16(25)15(21-10)22-14-4-12(23-28-14)9-24-2-3-27-17(24)26;1-3-2/h4-8H,2-3,9H2,1H3,(H,19,20)(H,21,22);3H2,1-2H3. The first kappa shape index (κ1) is 20.8. The summed E-state index contributed by atoms with van der Waals surface area (Å²) >= 11 is 1.32. The average Bonchev–Trinajstić information content (AvgIpc) is 3.51. The molecule has 1 fully saturated rings. The average molecular weight is 441 g/mol. The van der Waals surface area contributed by atoms with E-state index in [1.807, 2.05) is 29.8 Å². The zero-order valence-electron chi connectivity index (χ0n) is 17.6. The summed E-state index contributed by atoms with van der Waals surface area (Å²) < 4.78 is 11.4. The Bertz CT molecular complexity index is 1170. The summed E-state index contributed by atoms with van der Waals surface area (Å²) in [6, 6.07) is 1.91. The van der Waals surface area contributed by atoms with Gasteiger partial charge < -0.3 is 10.1 Å². The zero-order chi connectivity index (χ0) is 21.8. The molecule has 0 radical (unpaired) electrons. The van der Waals surface area contributed by atoms with Crippen molar-refractivity contribution in [1.29, 1.82) is 0 Å². The van der Waals surface area contributed by atoms with Crippen molar-refractivity contribution in [2.75, 3.05) is 18.5 Å². The van der Waals surface area contributed by atoms with Crippen LogP contribution in [0.25, 0.3) is 16.9 Å². The summed E-state index contributed by atoms with van der Waals surface area (Å²) in [5.74, 6) is 0.644. The molecule has 4 aromatic rings. The van der Waals surface area contributed by atoms with E-state index in [4.69, 9.17) is 4.74 Å². The maximum atomic E-state index is 11.6. The smallest absolute Gasteiger partial charge is 0.410 e. The number of anilines is 2. The van der Waals surface area contributed by atoms with Gasteiger partial charge in [-0.05, 0) is 24.5 Å². The van der Waals surface area contributed by atoms with Crippen molar-refractivity contribution in [3.8, 4) is 11.3 Å². The Labute approximate surface area is 183 Å². The van der Waals surface area contributed by atoms with Crippen molar-refractivity contribution in [3.05, 3.63) is 42.2 Å². The molecule has 162 valence electrons. The molecule has 10 nitrogen and oxygen atoms in total. The fourth-order valence-electron chi connectivity index (χ4n) is 3.12. The molecule has 0 aromatic carbocycles. The number of fused-ring (bicyclic) bond motifs is 1. The van der Waals surface area contributed by atoms with Gasteiger partial charge in [0.2, 0.25) is 0 Å². The number of hydrogen-bond donors (Lipinski definition) is 2. The second-order valence-electron chi connectivity index (χ2n) is 7.11. The third-order valence-electron chi connectivity index (χ3n) is 4.41. The lowest BCUT2D eigenvalue weighted by atomic mass is 10.3. The van der Waals surface area contributed by atoms with Crippen molar-refractivity contribution in [1.82, 2.24) is 33.8 Å². The number of ether oxygens (including phenoxy) is 1. The van der Waals surface area contributed by atoms with Crippen LogP contribution in [0.15, 0.2) is 30.9 Å². The number of nitrogens with one attached hydrogen (secondary N) is 2. The Balaban J connectivity index is 0.000000730. The van der Waals surface area contributed by atoms with Crippen molar-refractivity contribution in [2.45, 2.75) is 33.7 Å². The fourth-order valence-corrected chi connectivity index (χ4v) is 3.78. The Morgan fingerprint density at radius 1 is 1.32 bits per heavy atom. The van der Waals surface area contributed by atoms with Crippen LogP contribution in [0, 0.1) is 6.92 Å². The zero-order valence-corrected chi connectivity index (χ0v) is 18.4. The first-order valence-corrected chi connectivity index (χ1v) is 10.8. The summed E-state index contributed by atoms with van der Waals surface area (Å²) in [5, 5.41) is 11.0. The number of aryl methyl sites for hydroxylation is 1. The molecule has 1 aliphatic rings. The minimum atomic E-state index is -0.297. The Morgan fingerprint density at radius 3 is 2.87 bits per heavy atom. The molecule has 0 unspecified atom stereocenters. The number of carbonyl (C=O) groups is 1. The molecule has 1 saturated heterocycles.